The van der Waals surface area contributed by atoms with Gasteiger partial charge in [-0.1, -0.05) is 30.3 Å². The van der Waals surface area contributed by atoms with Crippen molar-refractivity contribution >= 4 is 11.9 Å². The van der Waals surface area contributed by atoms with E-state index in [1.807, 2.05) is 6.07 Å². The van der Waals surface area contributed by atoms with Gasteiger partial charge in [-0.3, -0.25) is 9.59 Å². The van der Waals surface area contributed by atoms with Gasteiger partial charge in [-0.05, 0) is 19.4 Å². The van der Waals surface area contributed by atoms with Gasteiger partial charge in [0.1, 0.15) is 18.3 Å². The van der Waals surface area contributed by atoms with E-state index in [9.17, 15) is 24.9 Å². The predicted octanol–water partition coefficient (Wildman–Crippen LogP) is -0.335. The fourth-order valence-corrected chi connectivity index (χ4v) is 2.43. The van der Waals surface area contributed by atoms with E-state index in [0.717, 1.165) is 19.4 Å². The molecule has 1 heterocycles. The lowest BCUT2D eigenvalue weighted by atomic mass is 9.93. The number of esters is 1. The van der Waals surface area contributed by atoms with Crippen LogP contribution in [0, 0.1) is 5.41 Å². The first-order chi connectivity index (χ1) is 12.7. The Kier molecular flexibility index (Phi) is 6.90. The summed E-state index contributed by atoms with van der Waals surface area (Å²) in [6, 6.07) is 8.98. The maximum atomic E-state index is 12.2. The van der Waals surface area contributed by atoms with Crippen molar-refractivity contribution in [2.24, 2.45) is 5.41 Å². The van der Waals surface area contributed by atoms with E-state index < -0.39 is 54.7 Å². The molecule has 5 atom stereocenters. The Morgan fingerprint density at radius 2 is 1.78 bits per heavy atom. The number of carboxylic acid groups (broad SMARTS) is 1. The molecule has 1 aromatic rings. The molecular weight excluding hydrogens is 360 g/mol. The minimum absolute atomic E-state index is 0.0445. The molecule has 0 aliphatic carbocycles. The lowest BCUT2D eigenvalue weighted by Crippen LogP contribution is -2.61. The topological polar surface area (TPSA) is 143 Å². The Balaban J connectivity index is 2.17. The first-order valence-electron chi connectivity index (χ1n) is 8.41. The van der Waals surface area contributed by atoms with Gasteiger partial charge in [0.25, 0.3) is 0 Å². The van der Waals surface area contributed by atoms with Gasteiger partial charge < -0.3 is 34.6 Å². The van der Waals surface area contributed by atoms with Gasteiger partial charge in [-0.2, -0.15) is 0 Å². The average molecular weight is 384 g/mol. The van der Waals surface area contributed by atoms with E-state index in [1.165, 1.54) is 0 Å². The Morgan fingerprint density at radius 3 is 2.33 bits per heavy atom. The van der Waals surface area contributed by atoms with Gasteiger partial charge in [0, 0.05) is 0 Å². The third-order valence-electron chi connectivity index (χ3n) is 4.37. The molecule has 150 valence electrons. The summed E-state index contributed by atoms with van der Waals surface area (Å²) in [6.07, 6.45) is -7.11. The second-order valence-electron chi connectivity index (χ2n) is 6.80. The van der Waals surface area contributed by atoms with Crippen molar-refractivity contribution in [2.45, 2.75) is 51.2 Å². The zero-order valence-electron chi connectivity index (χ0n) is 15.0. The number of hydrogen-bond acceptors (Lipinski definition) is 8. The number of benzene rings is 1. The molecule has 2 rings (SSSR count). The van der Waals surface area contributed by atoms with Crippen LogP contribution < -0.4 is 0 Å². The molecule has 0 aromatic heterocycles. The van der Waals surface area contributed by atoms with Crippen LogP contribution in [-0.2, 0) is 30.4 Å². The molecule has 1 aromatic carbocycles. The number of aliphatic carboxylic acids is 1. The Morgan fingerprint density at radius 1 is 1.15 bits per heavy atom. The first-order valence-corrected chi connectivity index (χ1v) is 8.41. The SMILES string of the molecule is CC(C)(C(=O)O)C(=O)OC1C(OCc2ccccc2)OC(CO)C(O)C1O. The van der Waals surface area contributed by atoms with Crippen molar-refractivity contribution in [2.75, 3.05) is 6.61 Å². The van der Waals surface area contributed by atoms with Gasteiger partial charge in [0.2, 0.25) is 0 Å². The third-order valence-corrected chi connectivity index (χ3v) is 4.37. The molecule has 5 unspecified atom stereocenters. The fraction of sp³-hybridized carbons (Fsp3) is 0.556. The van der Waals surface area contributed by atoms with Crippen LogP contribution in [0.3, 0.4) is 0 Å². The Hall–Kier alpha value is -2.04. The Labute approximate surface area is 156 Å². The summed E-state index contributed by atoms with van der Waals surface area (Å²) >= 11 is 0. The highest BCUT2D eigenvalue weighted by Gasteiger charge is 2.49. The van der Waals surface area contributed by atoms with Crippen molar-refractivity contribution in [3.63, 3.8) is 0 Å². The maximum absolute atomic E-state index is 12.2. The van der Waals surface area contributed by atoms with Gasteiger partial charge in [0.05, 0.1) is 13.2 Å². The lowest BCUT2D eigenvalue weighted by molar-refractivity contribution is -0.308. The first kappa shape index (κ1) is 21.3. The number of hydrogen-bond donors (Lipinski definition) is 4. The monoisotopic (exact) mass is 384 g/mol. The van der Waals surface area contributed by atoms with Gasteiger partial charge in [0.15, 0.2) is 17.8 Å². The molecule has 9 heteroatoms. The number of carbonyl (C=O) groups excluding carboxylic acids is 1. The van der Waals surface area contributed by atoms with Crippen molar-refractivity contribution in [3.8, 4) is 0 Å². The molecule has 4 N–H and O–H groups in total. The van der Waals surface area contributed by atoms with Crippen molar-refractivity contribution in [1.82, 2.24) is 0 Å². The quantitative estimate of drug-likeness (QED) is 0.367. The van der Waals surface area contributed by atoms with Crippen LogP contribution in [0.1, 0.15) is 19.4 Å². The van der Waals surface area contributed by atoms with Gasteiger partial charge in [-0.15, -0.1) is 0 Å². The molecule has 1 aliphatic heterocycles. The summed E-state index contributed by atoms with van der Waals surface area (Å²) in [5, 5.41) is 38.8. The summed E-state index contributed by atoms with van der Waals surface area (Å²) < 4.78 is 16.1. The molecule has 0 spiro atoms. The lowest BCUT2D eigenvalue weighted by Gasteiger charge is -2.41. The van der Waals surface area contributed by atoms with Crippen LogP contribution in [0.25, 0.3) is 0 Å². The number of aliphatic hydroxyl groups excluding tert-OH is 3. The number of aliphatic hydroxyl groups is 3. The van der Waals surface area contributed by atoms with Crippen LogP contribution >= 0.6 is 0 Å². The van der Waals surface area contributed by atoms with Crippen LogP contribution in [0.4, 0.5) is 0 Å². The molecule has 27 heavy (non-hydrogen) atoms. The summed E-state index contributed by atoms with van der Waals surface area (Å²) in [4.78, 5) is 23.5. The molecule has 0 radical (unpaired) electrons. The summed E-state index contributed by atoms with van der Waals surface area (Å²) in [7, 11) is 0. The molecule has 1 saturated heterocycles. The van der Waals surface area contributed by atoms with Crippen LogP contribution in [0.2, 0.25) is 0 Å². The van der Waals surface area contributed by atoms with Crippen molar-refractivity contribution < 1.29 is 44.2 Å². The third kappa shape index (κ3) is 4.82. The molecule has 1 fully saturated rings. The van der Waals surface area contributed by atoms with E-state index in [4.69, 9.17) is 19.3 Å². The zero-order chi connectivity index (χ0) is 20.2. The summed E-state index contributed by atoms with van der Waals surface area (Å²) in [6.45, 7) is 1.76. The second kappa shape index (κ2) is 8.77. The average Bonchev–Trinajstić information content (AvgIpc) is 2.65. The van der Waals surface area contributed by atoms with E-state index >= 15 is 0 Å². The summed E-state index contributed by atoms with van der Waals surface area (Å²) in [5.41, 5.74) is -1.10. The van der Waals surface area contributed by atoms with E-state index in [2.05, 4.69) is 0 Å². The van der Waals surface area contributed by atoms with Gasteiger partial charge >= 0.3 is 11.9 Å². The molecular formula is C18H24O9. The van der Waals surface area contributed by atoms with Crippen molar-refractivity contribution in [1.29, 1.82) is 0 Å². The van der Waals surface area contributed by atoms with Crippen LogP contribution in [-0.4, -0.2) is 69.7 Å². The van der Waals surface area contributed by atoms with Crippen LogP contribution in [0.15, 0.2) is 30.3 Å². The van der Waals surface area contributed by atoms with Gasteiger partial charge in [-0.25, -0.2) is 0 Å². The molecule has 0 bridgehead atoms. The fourth-order valence-electron chi connectivity index (χ4n) is 2.43. The highest BCUT2D eigenvalue weighted by atomic mass is 16.7. The Bertz CT molecular complexity index is 645. The van der Waals surface area contributed by atoms with Crippen molar-refractivity contribution in [3.05, 3.63) is 35.9 Å². The normalized spacial score (nSPS) is 28.6. The van der Waals surface area contributed by atoms with E-state index in [1.54, 1.807) is 24.3 Å². The van der Waals surface area contributed by atoms with E-state index in [0.29, 0.717) is 0 Å². The molecule has 9 nitrogen and oxygen atoms in total. The highest BCUT2D eigenvalue weighted by Crippen LogP contribution is 2.28. The smallest absolute Gasteiger partial charge is 0.323 e. The maximum Gasteiger partial charge on any atom is 0.323 e. The number of rotatable bonds is 7. The molecule has 1 aliphatic rings. The largest absolute Gasteiger partial charge is 0.480 e. The highest BCUT2D eigenvalue weighted by molar-refractivity contribution is 5.98. The minimum Gasteiger partial charge on any atom is -0.480 e. The molecule has 0 saturated carbocycles. The van der Waals surface area contributed by atoms with Crippen LogP contribution in [0.5, 0.6) is 0 Å². The molecule has 0 amide bonds. The van der Waals surface area contributed by atoms with E-state index in [-0.39, 0.29) is 6.61 Å². The second-order valence-corrected chi connectivity index (χ2v) is 6.80. The predicted molar refractivity (Wildman–Crippen MR) is 90.3 cm³/mol. The number of ether oxygens (including phenoxy) is 3. The standard InChI is InChI=1S/C18H24O9/c1-18(2,16(22)23)17(24)27-14-13(21)12(20)11(8-19)26-15(14)25-9-10-6-4-3-5-7-10/h3-7,11-15,19-21H,8-9H2,1-2H3,(H,22,23). The number of carbonyl (C=O) groups is 2. The minimum atomic E-state index is -1.87. The summed E-state index contributed by atoms with van der Waals surface area (Å²) in [5.74, 6) is -2.53. The zero-order valence-corrected chi connectivity index (χ0v) is 15.0. The number of carboxylic acids is 1.